The fraction of sp³-hybridized carbons (Fsp3) is 0.208. The molecule has 4 N–H and O–H groups in total. The van der Waals surface area contributed by atoms with Gasteiger partial charge in [-0.1, -0.05) is 12.1 Å². The van der Waals surface area contributed by atoms with E-state index in [1.54, 1.807) is 42.7 Å². The zero-order valence-corrected chi connectivity index (χ0v) is 19.8. The topological polar surface area (TPSA) is 120 Å². The Labute approximate surface area is 207 Å². The number of hydrogen-bond acceptors (Lipinski definition) is 6. The number of amidine groups is 1. The van der Waals surface area contributed by atoms with E-state index >= 15 is 0 Å². The van der Waals surface area contributed by atoms with E-state index in [0.717, 1.165) is 17.7 Å². The molecule has 0 aliphatic carbocycles. The third kappa shape index (κ3) is 6.87. The van der Waals surface area contributed by atoms with Gasteiger partial charge in [0, 0.05) is 49.3 Å². The van der Waals surface area contributed by atoms with Crippen LogP contribution in [0.25, 0.3) is 0 Å². The van der Waals surface area contributed by atoms with Crippen molar-refractivity contribution in [1.82, 2.24) is 10.3 Å². The first-order valence-electron chi connectivity index (χ1n) is 10.2. The van der Waals surface area contributed by atoms with E-state index in [9.17, 15) is 13.6 Å². The lowest BCUT2D eigenvalue weighted by Crippen LogP contribution is -2.31. The van der Waals surface area contributed by atoms with Crippen LogP contribution in [0.15, 0.2) is 54.9 Å². The van der Waals surface area contributed by atoms with Crippen LogP contribution in [0.3, 0.4) is 0 Å². The lowest BCUT2D eigenvalue weighted by Gasteiger charge is -2.19. The molecule has 2 aromatic carbocycles. The van der Waals surface area contributed by atoms with Gasteiger partial charge < -0.3 is 25.3 Å². The number of halogens is 3. The van der Waals surface area contributed by atoms with E-state index in [2.05, 4.69) is 10.3 Å². The van der Waals surface area contributed by atoms with E-state index < -0.39 is 29.2 Å². The Morgan fingerprint density at radius 2 is 1.77 bits per heavy atom. The molecule has 8 nitrogen and oxygen atoms in total. The van der Waals surface area contributed by atoms with Crippen LogP contribution in [0.4, 0.5) is 8.78 Å². The molecule has 0 radical (unpaired) electrons. The number of pyridine rings is 1. The summed E-state index contributed by atoms with van der Waals surface area (Å²) in [6, 6.07) is 10.4. The van der Waals surface area contributed by atoms with Crippen LogP contribution in [0.5, 0.6) is 11.5 Å². The predicted molar refractivity (Wildman–Crippen MR) is 128 cm³/mol. The van der Waals surface area contributed by atoms with Crippen molar-refractivity contribution in [3.05, 3.63) is 88.7 Å². The van der Waals surface area contributed by atoms with Crippen molar-refractivity contribution in [3.63, 3.8) is 0 Å². The first kappa shape index (κ1) is 27.5. The Balaban J connectivity index is 0.00000432. The Morgan fingerprint density at radius 3 is 2.34 bits per heavy atom. The number of carbonyl (C=O) groups is 1. The van der Waals surface area contributed by atoms with Gasteiger partial charge in [-0.15, -0.1) is 12.4 Å². The normalized spacial score (nSPS) is 11.2. The first-order chi connectivity index (χ1) is 16.3. The number of benzene rings is 2. The molecule has 3 aromatic rings. The molecule has 0 unspecified atom stereocenters. The van der Waals surface area contributed by atoms with Gasteiger partial charge in [-0.3, -0.25) is 15.2 Å². The van der Waals surface area contributed by atoms with E-state index in [0.29, 0.717) is 16.9 Å². The van der Waals surface area contributed by atoms with E-state index in [4.69, 9.17) is 25.4 Å². The van der Waals surface area contributed by atoms with Crippen LogP contribution in [0.2, 0.25) is 0 Å². The molecule has 0 bridgehead atoms. The molecule has 1 aromatic heterocycles. The highest BCUT2D eigenvalue weighted by atomic mass is 35.5. The van der Waals surface area contributed by atoms with Gasteiger partial charge in [0.15, 0.2) is 6.10 Å². The standard InChI is InChI=1S/C24H24F2N4O4.ClH/c1-32-17-10-18(25)21(19(26)11-17)22(33-2)24(31)30-12-16-4-3-15(23(27)28)9-20(16)34-13-14-5-7-29-8-6-14;/h3-11,22H,12-13H2,1-2H3,(H3,27,28)(H,30,31);1H/t22-;/m0./s1. The lowest BCUT2D eigenvalue weighted by atomic mass is 10.1. The molecule has 1 atom stereocenters. The summed E-state index contributed by atoms with van der Waals surface area (Å²) in [5.41, 5.74) is 6.93. The fourth-order valence-corrected chi connectivity index (χ4v) is 3.20. The molecule has 0 aliphatic heterocycles. The minimum absolute atomic E-state index is 0. The van der Waals surface area contributed by atoms with Crippen molar-refractivity contribution in [3.8, 4) is 11.5 Å². The number of nitrogens with one attached hydrogen (secondary N) is 2. The molecule has 0 saturated heterocycles. The van der Waals surface area contributed by atoms with E-state index in [-0.39, 0.29) is 37.1 Å². The summed E-state index contributed by atoms with van der Waals surface area (Å²) in [7, 11) is 2.46. The number of methoxy groups -OCH3 is 2. The molecule has 3 rings (SSSR count). The monoisotopic (exact) mass is 506 g/mol. The minimum atomic E-state index is -1.52. The highest BCUT2D eigenvalue weighted by Gasteiger charge is 2.28. The fourth-order valence-electron chi connectivity index (χ4n) is 3.20. The summed E-state index contributed by atoms with van der Waals surface area (Å²) in [6.07, 6.45) is 1.74. The van der Waals surface area contributed by atoms with E-state index in [1.807, 2.05) is 0 Å². The second-order valence-corrected chi connectivity index (χ2v) is 7.22. The maximum absolute atomic E-state index is 14.5. The Kier molecular flexibility index (Phi) is 9.92. The largest absolute Gasteiger partial charge is 0.497 e. The van der Waals surface area contributed by atoms with Gasteiger partial charge >= 0.3 is 0 Å². The van der Waals surface area contributed by atoms with Crippen LogP contribution < -0.4 is 20.5 Å². The number of amides is 1. The SMILES string of the molecule is COc1cc(F)c([C@H](OC)C(=O)NCc2ccc(C(=N)N)cc2OCc2ccncc2)c(F)c1.Cl. The van der Waals surface area contributed by atoms with Gasteiger partial charge in [0.05, 0.1) is 12.7 Å². The van der Waals surface area contributed by atoms with Crippen molar-refractivity contribution >= 4 is 24.1 Å². The Hall–Kier alpha value is -3.76. The van der Waals surface area contributed by atoms with Gasteiger partial charge in [0.1, 0.15) is 35.6 Å². The number of ether oxygens (including phenoxy) is 3. The quantitative estimate of drug-likeness (QED) is 0.285. The Morgan fingerprint density at radius 1 is 1.11 bits per heavy atom. The van der Waals surface area contributed by atoms with Gasteiger partial charge in [-0.05, 0) is 23.8 Å². The van der Waals surface area contributed by atoms with Crippen molar-refractivity contribution in [1.29, 1.82) is 5.41 Å². The number of nitrogen functional groups attached to an aromatic ring is 1. The molecule has 0 saturated carbocycles. The van der Waals surface area contributed by atoms with Crippen LogP contribution in [-0.2, 0) is 22.7 Å². The van der Waals surface area contributed by atoms with Gasteiger partial charge in [0.25, 0.3) is 5.91 Å². The number of aromatic nitrogens is 1. The highest BCUT2D eigenvalue weighted by molar-refractivity contribution is 5.95. The third-order valence-corrected chi connectivity index (χ3v) is 5.00. The molecule has 1 amide bonds. The Bertz CT molecular complexity index is 1160. The van der Waals surface area contributed by atoms with Crippen molar-refractivity contribution in [2.75, 3.05) is 14.2 Å². The van der Waals surface area contributed by atoms with Crippen LogP contribution in [0, 0.1) is 17.0 Å². The number of carbonyl (C=O) groups excluding carboxylic acids is 1. The maximum Gasteiger partial charge on any atom is 0.254 e. The van der Waals surface area contributed by atoms with Crippen molar-refractivity contribution in [2.45, 2.75) is 19.3 Å². The second kappa shape index (κ2) is 12.6. The molecule has 1 heterocycles. The van der Waals surface area contributed by atoms with Crippen molar-refractivity contribution < 1.29 is 27.8 Å². The number of rotatable bonds is 10. The van der Waals surface area contributed by atoms with Crippen LogP contribution in [-0.4, -0.2) is 30.9 Å². The van der Waals surface area contributed by atoms with Crippen LogP contribution in [0.1, 0.15) is 28.4 Å². The number of hydrogen-bond donors (Lipinski definition) is 3. The third-order valence-electron chi connectivity index (χ3n) is 5.00. The summed E-state index contributed by atoms with van der Waals surface area (Å²) >= 11 is 0. The maximum atomic E-state index is 14.5. The average molecular weight is 507 g/mol. The number of nitrogens with two attached hydrogens (primary N) is 1. The van der Waals surface area contributed by atoms with E-state index in [1.165, 1.54) is 14.2 Å². The van der Waals surface area contributed by atoms with Gasteiger partial charge in [0.2, 0.25) is 0 Å². The van der Waals surface area contributed by atoms with Crippen molar-refractivity contribution in [2.24, 2.45) is 5.73 Å². The highest BCUT2D eigenvalue weighted by Crippen LogP contribution is 2.28. The smallest absolute Gasteiger partial charge is 0.254 e. The summed E-state index contributed by atoms with van der Waals surface area (Å²) in [5, 5.41) is 10.3. The predicted octanol–water partition coefficient (Wildman–Crippen LogP) is 3.66. The molecule has 0 fully saturated rings. The van der Waals surface area contributed by atoms with Gasteiger partial charge in [-0.25, -0.2) is 8.78 Å². The molecule has 0 spiro atoms. The summed E-state index contributed by atoms with van der Waals surface area (Å²) in [6.45, 7) is 0.190. The summed E-state index contributed by atoms with van der Waals surface area (Å²) in [4.78, 5) is 16.7. The molecule has 186 valence electrons. The zero-order valence-electron chi connectivity index (χ0n) is 19.0. The molecular weight excluding hydrogens is 482 g/mol. The summed E-state index contributed by atoms with van der Waals surface area (Å²) < 4.78 is 44.8. The van der Waals surface area contributed by atoms with Gasteiger partial charge in [-0.2, -0.15) is 0 Å². The number of nitrogens with zero attached hydrogens (tertiary/aromatic N) is 1. The molecule has 0 aliphatic rings. The summed E-state index contributed by atoms with van der Waals surface area (Å²) in [5.74, 6) is -2.45. The second-order valence-electron chi connectivity index (χ2n) is 7.22. The molecular formula is C24H25ClF2N4O4. The lowest BCUT2D eigenvalue weighted by molar-refractivity contribution is -0.131. The van der Waals surface area contributed by atoms with Crippen LogP contribution >= 0.6 is 12.4 Å². The minimum Gasteiger partial charge on any atom is -0.497 e. The first-order valence-corrected chi connectivity index (χ1v) is 10.2. The molecule has 11 heteroatoms. The molecule has 35 heavy (non-hydrogen) atoms. The average Bonchev–Trinajstić information content (AvgIpc) is 2.84. The zero-order chi connectivity index (χ0) is 24.7.